The van der Waals surface area contributed by atoms with Crippen LogP contribution in [0.3, 0.4) is 0 Å². The smallest absolute Gasteiger partial charge is 0.437 e. The second-order valence-electron chi connectivity index (χ2n) is 5.68. The normalized spacial score (nSPS) is 13.8. The summed E-state index contributed by atoms with van der Waals surface area (Å²) in [5.74, 6) is 0.569. The van der Waals surface area contributed by atoms with Gasteiger partial charge in [0.2, 0.25) is 0 Å². The van der Waals surface area contributed by atoms with Crippen molar-refractivity contribution in [1.29, 1.82) is 0 Å². The number of halogens is 1. The van der Waals surface area contributed by atoms with Gasteiger partial charge in [0, 0.05) is 4.47 Å². The second-order valence-corrected chi connectivity index (χ2v) is 6.60. The largest absolute Gasteiger partial charge is 0.448 e. The zero-order chi connectivity index (χ0) is 18.3. The Balaban J connectivity index is 1.86. The standard InChI is InChI=1S/C18H15BrN4O3/c1-2-26-18(25)23-17(24)22-15-6-4-3-5-14(15)20-16(22)11-21(23)13-9-7-12(19)8-10-13/h3-10H,2,11H2,1H3. The van der Waals surface area contributed by atoms with Crippen molar-refractivity contribution < 1.29 is 14.3 Å². The number of hydrogen-bond donors (Lipinski definition) is 0. The van der Waals surface area contributed by atoms with Crippen molar-refractivity contribution in [2.75, 3.05) is 11.6 Å². The van der Waals surface area contributed by atoms with Crippen LogP contribution < -0.4 is 5.01 Å². The molecular weight excluding hydrogens is 400 g/mol. The Kier molecular flexibility index (Phi) is 4.12. The number of imidazole rings is 1. The quantitative estimate of drug-likeness (QED) is 0.629. The van der Waals surface area contributed by atoms with Gasteiger partial charge in [-0.25, -0.2) is 19.1 Å². The van der Waals surface area contributed by atoms with Gasteiger partial charge in [0.1, 0.15) is 5.82 Å². The molecule has 0 aliphatic carbocycles. The van der Waals surface area contributed by atoms with Crippen LogP contribution >= 0.6 is 15.9 Å². The summed E-state index contributed by atoms with van der Waals surface area (Å²) >= 11 is 3.39. The number of carbonyl (C=O) groups is 2. The second kappa shape index (κ2) is 6.45. The maximum Gasteiger partial charge on any atom is 0.437 e. The molecule has 0 bridgehead atoms. The van der Waals surface area contributed by atoms with Crippen LogP contribution in [0.15, 0.2) is 53.0 Å². The number of rotatable bonds is 2. The van der Waals surface area contributed by atoms with Gasteiger partial charge in [0.25, 0.3) is 0 Å². The van der Waals surface area contributed by atoms with Gasteiger partial charge in [0.05, 0.1) is 29.9 Å². The summed E-state index contributed by atoms with van der Waals surface area (Å²) in [4.78, 5) is 30.2. The lowest BCUT2D eigenvalue weighted by Crippen LogP contribution is -2.55. The predicted molar refractivity (Wildman–Crippen MR) is 99.7 cm³/mol. The Hall–Kier alpha value is -2.87. The molecule has 8 heteroatoms. The molecule has 0 spiro atoms. The average molecular weight is 415 g/mol. The minimum atomic E-state index is -0.719. The number of hydrogen-bond acceptors (Lipinski definition) is 5. The Bertz CT molecular complexity index is 999. The Morgan fingerprint density at radius 1 is 1.19 bits per heavy atom. The average Bonchev–Trinajstić information content (AvgIpc) is 3.01. The molecule has 1 aromatic heterocycles. The number of carbonyl (C=O) groups excluding carboxylic acids is 2. The molecule has 0 unspecified atom stereocenters. The molecule has 0 radical (unpaired) electrons. The van der Waals surface area contributed by atoms with Crippen LogP contribution in [-0.4, -0.2) is 33.3 Å². The molecule has 0 atom stereocenters. The number of hydrazine groups is 1. The molecule has 132 valence electrons. The summed E-state index contributed by atoms with van der Waals surface area (Å²) in [6, 6.07) is 14.2. The van der Waals surface area contributed by atoms with Gasteiger partial charge in [-0.2, -0.15) is 0 Å². The van der Waals surface area contributed by atoms with Gasteiger partial charge < -0.3 is 4.74 Å². The number of nitrogens with zero attached hydrogens (tertiary/aromatic N) is 4. The van der Waals surface area contributed by atoms with Crippen molar-refractivity contribution >= 4 is 44.8 Å². The van der Waals surface area contributed by atoms with Gasteiger partial charge in [-0.1, -0.05) is 28.1 Å². The van der Waals surface area contributed by atoms with Crippen molar-refractivity contribution in [2.24, 2.45) is 0 Å². The van der Waals surface area contributed by atoms with Gasteiger partial charge in [0.15, 0.2) is 0 Å². The van der Waals surface area contributed by atoms with E-state index in [2.05, 4.69) is 20.9 Å². The summed E-state index contributed by atoms with van der Waals surface area (Å²) in [7, 11) is 0. The van der Waals surface area contributed by atoms with Crippen LogP contribution in [0.5, 0.6) is 0 Å². The molecular formula is C18H15BrN4O3. The molecule has 26 heavy (non-hydrogen) atoms. The minimum absolute atomic E-state index is 0.175. The molecule has 0 fully saturated rings. The van der Waals surface area contributed by atoms with Crippen LogP contribution in [-0.2, 0) is 11.3 Å². The summed E-state index contributed by atoms with van der Waals surface area (Å²) in [5, 5.41) is 2.60. The van der Waals surface area contributed by atoms with Crippen LogP contribution in [0.4, 0.5) is 15.3 Å². The first-order valence-corrected chi connectivity index (χ1v) is 8.90. The van der Waals surface area contributed by atoms with Gasteiger partial charge in [-0.05, 0) is 43.3 Å². The zero-order valence-corrected chi connectivity index (χ0v) is 15.5. The monoisotopic (exact) mass is 414 g/mol. The molecule has 0 saturated heterocycles. The summed E-state index contributed by atoms with van der Waals surface area (Å²) < 4.78 is 7.47. The number of amides is 2. The van der Waals surface area contributed by atoms with E-state index in [1.807, 2.05) is 48.5 Å². The first kappa shape index (κ1) is 16.6. The summed E-state index contributed by atoms with van der Waals surface area (Å²) in [6.07, 6.45) is -0.719. The summed E-state index contributed by atoms with van der Waals surface area (Å²) in [6.45, 7) is 2.14. The highest BCUT2D eigenvalue weighted by molar-refractivity contribution is 9.10. The number of aromatic nitrogens is 2. The van der Waals surface area contributed by atoms with Crippen LogP contribution in [0, 0.1) is 0 Å². The molecule has 1 aliphatic heterocycles. The lowest BCUT2D eigenvalue weighted by atomic mass is 10.3. The van der Waals surface area contributed by atoms with E-state index in [1.165, 1.54) is 4.57 Å². The van der Waals surface area contributed by atoms with Crippen molar-refractivity contribution in [2.45, 2.75) is 13.5 Å². The number of imide groups is 1. The van der Waals surface area contributed by atoms with E-state index in [9.17, 15) is 9.59 Å². The zero-order valence-electron chi connectivity index (χ0n) is 13.9. The number of anilines is 1. The number of para-hydroxylation sites is 2. The molecule has 0 N–H and O–H groups in total. The third kappa shape index (κ3) is 2.62. The molecule has 2 aromatic carbocycles. The molecule has 2 amide bonds. The van der Waals surface area contributed by atoms with E-state index in [0.29, 0.717) is 22.5 Å². The number of ether oxygens (including phenoxy) is 1. The maximum atomic E-state index is 13.2. The number of benzene rings is 2. The lowest BCUT2D eigenvalue weighted by molar-refractivity contribution is 0.107. The van der Waals surface area contributed by atoms with E-state index in [-0.39, 0.29) is 13.2 Å². The molecule has 0 saturated carbocycles. The van der Waals surface area contributed by atoms with E-state index in [1.54, 1.807) is 11.9 Å². The first-order valence-electron chi connectivity index (χ1n) is 8.10. The molecule has 7 nitrogen and oxygen atoms in total. The molecule has 4 rings (SSSR count). The molecule has 2 heterocycles. The fraction of sp³-hybridized carbons (Fsp3) is 0.167. The Labute approximate surface area is 157 Å². The van der Waals surface area contributed by atoms with Crippen molar-refractivity contribution in [3.63, 3.8) is 0 Å². The van der Waals surface area contributed by atoms with Crippen molar-refractivity contribution in [1.82, 2.24) is 14.6 Å². The lowest BCUT2D eigenvalue weighted by Gasteiger charge is -2.37. The Morgan fingerprint density at radius 2 is 1.92 bits per heavy atom. The van der Waals surface area contributed by atoms with Crippen molar-refractivity contribution in [3.8, 4) is 0 Å². The molecule has 1 aliphatic rings. The predicted octanol–water partition coefficient (Wildman–Crippen LogP) is 4.16. The van der Waals surface area contributed by atoms with E-state index in [4.69, 9.17) is 4.74 Å². The topological polar surface area (TPSA) is 67.7 Å². The highest BCUT2D eigenvalue weighted by atomic mass is 79.9. The molecule has 3 aromatic rings. The third-order valence-electron chi connectivity index (χ3n) is 4.10. The van der Waals surface area contributed by atoms with Crippen molar-refractivity contribution in [3.05, 3.63) is 58.8 Å². The minimum Gasteiger partial charge on any atom is -0.448 e. The SMILES string of the molecule is CCOC(=O)N1C(=O)n2c(nc3ccccc32)CN1c1ccc(Br)cc1. The Morgan fingerprint density at radius 3 is 2.65 bits per heavy atom. The van der Waals surface area contributed by atoms with Crippen LogP contribution in [0.25, 0.3) is 11.0 Å². The van der Waals surface area contributed by atoms with E-state index >= 15 is 0 Å². The third-order valence-corrected chi connectivity index (χ3v) is 4.63. The van der Waals surface area contributed by atoms with Gasteiger partial charge in [-0.15, -0.1) is 5.01 Å². The number of fused-ring (bicyclic) bond motifs is 3. The van der Waals surface area contributed by atoms with E-state index < -0.39 is 12.1 Å². The van der Waals surface area contributed by atoms with Crippen LogP contribution in [0.2, 0.25) is 0 Å². The highest BCUT2D eigenvalue weighted by Gasteiger charge is 2.38. The fourth-order valence-electron chi connectivity index (χ4n) is 2.98. The summed E-state index contributed by atoms with van der Waals surface area (Å²) in [5.41, 5.74) is 2.06. The first-order chi connectivity index (χ1) is 12.6. The fourth-order valence-corrected chi connectivity index (χ4v) is 3.24. The van der Waals surface area contributed by atoms with Gasteiger partial charge in [-0.3, -0.25) is 5.01 Å². The highest BCUT2D eigenvalue weighted by Crippen LogP contribution is 2.29. The van der Waals surface area contributed by atoms with E-state index in [0.717, 1.165) is 9.48 Å². The maximum absolute atomic E-state index is 13.2. The van der Waals surface area contributed by atoms with Crippen LogP contribution in [0.1, 0.15) is 12.7 Å². The van der Waals surface area contributed by atoms with Gasteiger partial charge >= 0.3 is 12.1 Å².